The summed E-state index contributed by atoms with van der Waals surface area (Å²) in [7, 11) is 0. The van der Waals surface area contributed by atoms with Gasteiger partial charge in [-0.05, 0) is 0 Å². The van der Waals surface area contributed by atoms with Crippen LogP contribution in [0.2, 0.25) is 0 Å². The maximum absolute atomic E-state index is 11.7. The maximum Gasteiger partial charge on any atom is 0.467 e. The number of hydrogen-bond donors (Lipinski definition) is 1. The summed E-state index contributed by atoms with van der Waals surface area (Å²) in [5.41, 5.74) is 0. The van der Waals surface area contributed by atoms with E-state index in [0.29, 0.717) is 0 Å². The van der Waals surface area contributed by atoms with Crippen LogP contribution in [0, 0.1) is 6.57 Å². The van der Waals surface area contributed by atoms with E-state index in [1.165, 1.54) is 0 Å². The standard InChI is InChI=1S/C4HF3N4/c1-8-3-9-2(10-11-3)4(5,6)7/h(H,9,10,11). The lowest BCUT2D eigenvalue weighted by Gasteiger charge is -1.94. The third-order valence-corrected chi connectivity index (χ3v) is 0.842. The third kappa shape index (κ3) is 1.46. The number of halogens is 3. The monoisotopic (exact) mass is 162 g/mol. The van der Waals surface area contributed by atoms with Crippen LogP contribution in [0.4, 0.5) is 19.1 Å². The zero-order valence-corrected chi connectivity index (χ0v) is 4.98. The molecule has 0 spiro atoms. The van der Waals surface area contributed by atoms with E-state index in [-0.39, 0.29) is 0 Å². The first-order valence-electron chi connectivity index (χ1n) is 2.41. The van der Waals surface area contributed by atoms with E-state index in [1.54, 1.807) is 5.10 Å². The predicted molar refractivity (Wildman–Crippen MR) is 27.6 cm³/mol. The normalized spacial score (nSPS) is 11.1. The average molecular weight is 162 g/mol. The Hall–Kier alpha value is -1.58. The summed E-state index contributed by atoms with van der Waals surface area (Å²) in [6.07, 6.45) is -4.56. The van der Waals surface area contributed by atoms with Gasteiger partial charge < -0.3 is 4.85 Å². The Morgan fingerprint density at radius 1 is 1.45 bits per heavy atom. The van der Waals surface area contributed by atoms with Gasteiger partial charge in [0.2, 0.25) is 0 Å². The van der Waals surface area contributed by atoms with Gasteiger partial charge in [-0.1, -0.05) is 5.10 Å². The summed E-state index contributed by atoms with van der Waals surface area (Å²) in [5, 5.41) is 4.59. The first kappa shape index (κ1) is 7.53. The van der Waals surface area contributed by atoms with Crippen LogP contribution in [0.1, 0.15) is 5.82 Å². The molecule has 0 unspecified atom stereocenters. The highest BCUT2D eigenvalue weighted by Gasteiger charge is 2.38. The van der Waals surface area contributed by atoms with E-state index < -0.39 is 17.9 Å². The predicted octanol–water partition coefficient (Wildman–Crippen LogP) is 1.37. The molecule has 0 aromatic carbocycles. The topological polar surface area (TPSA) is 45.9 Å². The van der Waals surface area contributed by atoms with Crippen molar-refractivity contribution in [2.45, 2.75) is 6.18 Å². The molecular weight excluding hydrogens is 161 g/mol. The quantitative estimate of drug-likeness (QED) is 0.585. The molecule has 0 amide bonds. The Morgan fingerprint density at radius 3 is 2.36 bits per heavy atom. The number of aromatic amines is 1. The molecule has 0 aliphatic rings. The van der Waals surface area contributed by atoms with Gasteiger partial charge in [0.1, 0.15) is 0 Å². The maximum atomic E-state index is 11.7. The number of aromatic nitrogens is 3. The Labute approximate surface area is 58.9 Å². The fourth-order valence-electron chi connectivity index (χ4n) is 0.430. The third-order valence-electron chi connectivity index (χ3n) is 0.842. The van der Waals surface area contributed by atoms with Gasteiger partial charge in [-0.25, -0.2) is 0 Å². The number of H-pyrrole nitrogens is 1. The van der Waals surface area contributed by atoms with Crippen LogP contribution in [-0.2, 0) is 6.18 Å². The van der Waals surface area contributed by atoms with Crippen molar-refractivity contribution in [2.75, 3.05) is 0 Å². The van der Waals surface area contributed by atoms with Gasteiger partial charge >= 0.3 is 12.1 Å². The number of alkyl halides is 3. The van der Waals surface area contributed by atoms with Gasteiger partial charge in [-0.15, -0.1) is 11.6 Å². The number of nitrogens with one attached hydrogen (secondary N) is 1. The van der Waals surface area contributed by atoms with Crippen molar-refractivity contribution >= 4 is 5.95 Å². The fraction of sp³-hybridized carbons (Fsp3) is 0.250. The summed E-state index contributed by atoms with van der Waals surface area (Å²) in [6.45, 7) is 6.27. The highest BCUT2D eigenvalue weighted by Crippen LogP contribution is 2.26. The lowest BCUT2D eigenvalue weighted by molar-refractivity contribution is -0.144. The number of rotatable bonds is 0. The molecule has 4 nitrogen and oxygen atoms in total. The van der Waals surface area contributed by atoms with Crippen molar-refractivity contribution in [3.63, 3.8) is 0 Å². The zero-order chi connectivity index (χ0) is 8.48. The van der Waals surface area contributed by atoms with Crippen molar-refractivity contribution in [3.05, 3.63) is 17.2 Å². The Kier molecular flexibility index (Phi) is 1.53. The summed E-state index contributed by atoms with van der Waals surface area (Å²) < 4.78 is 35.1. The van der Waals surface area contributed by atoms with Gasteiger partial charge in [0.25, 0.3) is 5.82 Å². The van der Waals surface area contributed by atoms with Crippen LogP contribution in [0.25, 0.3) is 4.85 Å². The minimum absolute atomic E-state index is 0.530. The molecule has 1 N–H and O–H groups in total. The van der Waals surface area contributed by atoms with E-state index in [2.05, 4.69) is 14.9 Å². The number of hydrogen-bond acceptors (Lipinski definition) is 2. The molecule has 7 heteroatoms. The van der Waals surface area contributed by atoms with Gasteiger partial charge in [0.05, 0.1) is 0 Å². The second-order valence-electron chi connectivity index (χ2n) is 1.59. The van der Waals surface area contributed by atoms with E-state index in [4.69, 9.17) is 6.57 Å². The highest BCUT2D eigenvalue weighted by molar-refractivity contribution is 5.23. The van der Waals surface area contributed by atoms with E-state index >= 15 is 0 Å². The Bertz CT molecular complexity index is 293. The molecule has 0 bridgehead atoms. The molecule has 58 valence electrons. The van der Waals surface area contributed by atoms with Crippen LogP contribution >= 0.6 is 0 Å². The molecule has 11 heavy (non-hydrogen) atoms. The minimum atomic E-state index is -4.56. The second-order valence-corrected chi connectivity index (χ2v) is 1.59. The highest BCUT2D eigenvalue weighted by atomic mass is 19.4. The SMILES string of the molecule is [C-]#[N+]c1n[nH]c(C(F)(F)F)n1. The van der Waals surface area contributed by atoms with Crippen LogP contribution in [-0.4, -0.2) is 15.2 Å². The summed E-state index contributed by atoms with van der Waals surface area (Å²) in [4.78, 5) is 5.46. The van der Waals surface area contributed by atoms with Gasteiger partial charge in [0, 0.05) is 0 Å². The van der Waals surface area contributed by atoms with Crippen molar-refractivity contribution in [3.8, 4) is 0 Å². The van der Waals surface area contributed by atoms with Crippen LogP contribution in [0.3, 0.4) is 0 Å². The minimum Gasteiger partial charge on any atom is -0.393 e. The molecule has 0 atom stereocenters. The fourth-order valence-corrected chi connectivity index (χ4v) is 0.430. The molecule has 0 saturated heterocycles. The second kappa shape index (κ2) is 2.23. The van der Waals surface area contributed by atoms with Crippen molar-refractivity contribution < 1.29 is 13.2 Å². The van der Waals surface area contributed by atoms with Crippen molar-refractivity contribution in [1.29, 1.82) is 0 Å². The number of nitrogens with zero attached hydrogens (tertiary/aromatic N) is 3. The lowest BCUT2D eigenvalue weighted by Crippen LogP contribution is -2.07. The van der Waals surface area contributed by atoms with Gasteiger partial charge in [-0.2, -0.15) is 18.3 Å². The zero-order valence-electron chi connectivity index (χ0n) is 4.98. The summed E-state index contributed by atoms with van der Waals surface area (Å²) in [5.74, 6) is -1.78. The first-order valence-corrected chi connectivity index (χ1v) is 2.41. The molecule has 1 aromatic rings. The Morgan fingerprint density at radius 2 is 2.09 bits per heavy atom. The molecule has 1 aromatic heterocycles. The van der Waals surface area contributed by atoms with E-state index in [1.807, 2.05) is 0 Å². The van der Waals surface area contributed by atoms with E-state index in [9.17, 15) is 13.2 Å². The van der Waals surface area contributed by atoms with Crippen LogP contribution in [0.15, 0.2) is 0 Å². The smallest absolute Gasteiger partial charge is 0.393 e. The van der Waals surface area contributed by atoms with Crippen molar-refractivity contribution in [1.82, 2.24) is 15.2 Å². The van der Waals surface area contributed by atoms with Crippen LogP contribution < -0.4 is 0 Å². The van der Waals surface area contributed by atoms with Crippen molar-refractivity contribution in [2.24, 2.45) is 0 Å². The molecule has 0 radical (unpaired) electrons. The molecule has 0 fully saturated rings. The van der Waals surface area contributed by atoms with Gasteiger partial charge in [-0.3, -0.25) is 0 Å². The largest absolute Gasteiger partial charge is 0.467 e. The van der Waals surface area contributed by atoms with Crippen LogP contribution in [0.5, 0.6) is 0 Å². The Balaban J connectivity index is 3.01. The average Bonchev–Trinajstić information content (AvgIpc) is 2.32. The lowest BCUT2D eigenvalue weighted by atomic mass is 10.6. The molecule has 1 heterocycles. The summed E-state index contributed by atoms with van der Waals surface area (Å²) >= 11 is 0. The molecule has 0 saturated carbocycles. The molecule has 1 rings (SSSR count). The summed E-state index contributed by atoms with van der Waals surface area (Å²) in [6, 6.07) is 0. The molecular formula is C4HF3N4. The molecule has 0 aliphatic heterocycles. The van der Waals surface area contributed by atoms with Gasteiger partial charge in [0.15, 0.2) is 0 Å². The van der Waals surface area contributed by atoms with E-state index in [0.717, 1.165) is 0 Å². The first-order chi connectivity index (χ1) is 5.04. The molecule has 0 aliphatic carbocycles.